The Morgan fingerprint density at radius 2 is 2.19 bits per heavy atom. The number of H-pyrrole nitrogens is 1. The van der Waals surface area contributed by atoms with Crippen molar-refractivity contribution in [2.45, 2.75) is 6.43 Å². The van der Waals surface area contributed by atoms with Crippen molar-refractivity contribution in [3.05, 3.63) is 33.0 Å². The Kier molecular flexibility index (Phi) is 2.47. The molecule has 5 nitrogen and oxygen atoms in total. The van der Waals surface area contributed by atoms with Crippen LogP contribution in [0.25, 0.3) is 10.9 Å². The third kappa shape index (κ3) is 1.58. The normalized spacial score (nSPS) is 11.2. The number of alkyl halides is 2. The minimum atomic E-state index is -2.73. The first kappa shape index (κ1) is 10.7. The Morgan fingerprint density at radius 1 is 1.50 bits per heavy atom. The van der Waals surface area contributed by atoms with Gasteiger partial charge in [-0.05, 0) is 6.07 Å². The number of hydrogen-bond acceptors (Lipinski definition) is 3. The summed E-state index contributed by atoms with van der Waals surface area (Å²) in [4.78, 5) is 9.85. The van der Waals surface area contributed by atoms with Crippen LogP contribution in [0.3, 0.4) is 0 Å². The summed E-state index contributed by atoms with van der Waals surface area (Å²) in [6.45, 7) is 0. The molecule has 84 valence electrons. The molecule has 0 amide bonds. The van der Waals surface area contributed by atoms with Crippen LogP contribution in [0.4, 0.5) is 14.5 Å². The predicted octanol–water partition coefficient (Wildman–Crippen LogP) is 3.06. The molecule has 0 fully saturated rings. The number of benzene rings is 1. The minimum Gasteiger partial charge on any atom is -0.276 e. The Balaban J connectivity index is 2.71. The van der Waals surface area contributed by atoms with E-state index in [1.807, 2.05) is 0 Å². The van der Waals surface area contributed by atoms with E-state index in [0.29, 0.717) is 0 Å². The zero-order valence-electron chi connectivity index (χ0n) is 7.58. The van der Waals surface area contributed by atoms with Crippen molar-refractivity contribution in [3.8, 4) is 0 Å². The SMILES string of the molecule is O=[N+]([O-])c1cc2n[nH]c(C(F)F)c2cc1Cl. The summed E-state index contributed by atoms with van der Waals surface area (Å²) in [6.07, 6.45) is -2.73. The van der Waals surface area contributed by atoms with Crippen molar-refractivity contribution < 1.29 is 13.7 Å². The number of nitro benzene ring substituents is 1. The second-order valence-electron chi connectivity index (χ2n) is 3.02. The number of nitrogens with one attached hydrogen (secondary N) is 1. The third-order valence-electron chi connectivity index (χ3n) is 2.07. The molecule has 0 aliphatic heterocycles. The first-order chi connectivity index (χ1) is 7.50. The molecule has 2 aromatic rings. The van der Waals surface area contributed by atoms with E-state index < -0.39 is 17.0 Å². The van der Waals surface area contributed by atoms with Crippen LogP contribution in [0, 0.1) is 10.1 Å². The van der Waals surface area contributed by atoms with Crippen molar-refractivity contribution in [2.75, 3.05) is 0 Å². The Hall–Kier alpha value is -1.76. The van der Waals surface area contributed by atoms with Crippen molar-refractivity contribution in [1.82, 2.24) is 10.2 Å². The van der Waals surface area contributed by atoms with E-state index in [4.69, 9.17) is 11.6 Å². The highest BCUT2D eigenvalue weighted by atomic mass is 35.5. The van der Waals surface area contributed by atoms with E-state index in [9.17, 15) is 18.9 Å². The van der Waals surface area contributed by atoms with Gasteiger partial charge in [0.1, 0.15) is 10.7 Å². The van der Waals surface area contributed by atoms with Gasteiger partial charge in [-0.1, -0.05) is 11.6 Å². The minimum absolute atomic E-state index is 0.0885. The smallest absolute Gasteiger partial charge is 0.276 e. The van der Waals surface area contributed by atoms with Crippen LogP contribution in [0.15, 0.2) is 12.1 Å². The summed E-state index contributed by atoms with van der Waals surface area (Å²) in [5, 5.41) is 16.1. The van der Waals surface area contributed by atoms with Gasteiger partial charge >= 0.3 is 0 Å². The van der Waals surface area contributed by atoms with Gasteiger partial charge in [-0.15, -0.1) is 0 Å². The molecule has 8 heteroatoms. The summed E-state index contributed by atoms with van der Waals surface area (Å²) < 4.78 is 24.9. The van der Waals surface area contributed by atoms with E-state index >= 15 is 0 Å². The third-order valence-corrected chi connectivity index (χ3v) is 2.37. The van der Waals surface area contributed by atoms with E-state index in [0.717, 1.165) is 12.1 Å². The fraction of sp³-hybridized carbons (Fsp3) is 0.125. The summed E-state index contributed by atoms with van der Waals surface area (Å²) in [5.41, 5.74) is -0.667. The van der Waals surface area contributed by atoms with E-state index in [2.05, 4.69) is 10.2 Å². The summed E-state index contributed by atoms with van der Waals surface area (Å²) in [6, 6.07) is 2.17. The molecule has 0 atom stereocenters. The van der Waals surface area contributed by atoms with Gasteiger partial charge < -0.3 is 0 Å². The molecule has 0 radical (unpaired) electrons. The summed E-state index contributed by atoms with van der Waals surface area (Å²) >= 11 is 5.60. The monoisotopic (exact) mass is 247 g/mol. The average Bonchev–Trinajstić information content (AvgIpc) is 2.58. The van der Waals surface area contributed by atoms with Gasteiger partial charge in [-0.2, -0.15) is 5.10 Å². The molecule has 0 spiro atoms. The molecule has 0 aliphatic rings. The van der Waals surface area contributed by atoms with Gasteiger partial charge in [0.15, 0.2) is 0 Å². The molecule has 0 saturated heterocycles. The van der Waals surface area contributed by atoms with Gasteiger partial charge in [0.25, 0.3) is 12.1 Å². The topological polar surface area (TPSA) is 71.8 Å². The van der Waals surface area contributed by atoms with Gasteiger partial charge in [0, 0.05) is 11.5 Å². The largest absolute Gasteiger partial charge is 0.290 e. The first-order valence-corrected chi connectivity index (χ1v) is 4.48. The quantitative estimate of drug-likeness (QED) is 0.655. The lowest BCUT2D eigenvalue weighted by molar-refractivity contribution is -0.384. The van der Waals surface area contributed by atoms with Crippen molar-refractivity contribution in [3.63, 3.8) is 0 Å². The van der Waals surface area contributed by atoms with Gasteiger partial charge in [-0.3, -0.25) is 15.2 Å². The molecule has 1 aromatic heterocycles. The highest BCUT2D eigenvalue weighted by Crippen LogP contribution is 2.33. The number of nitro groups is 1. The number of nitrogens with zero attached hydrogens (tertiary/aromatic N) is 2. The van der Waals surface area contributed by atoms with Crippen LogP contribution in [0.5, 0.6) is 0 Å². The number of aromatic nitrogens is 2. The lowest BCUT2D eigenvalue weighted by Gasteiger charge is -1.97. The lowest BCUT2D eigenvalue weighted by Crippen LogP contribution is -1.89. The summed E-state index contributed by atoms with van der Waals surface area (Å²) in [7, 11) is 0. The highest BCUT2D eigenvalue weighted by molar-refractivity contribution is 6.33. The fourth-order valence-electron chi connectivity index (χ4n) is 1.35. The number of fused-ring (bicyclic) bond motifs is 1. The van der Waals surface area contributed by atoms with Crippen molar-refractivity contribution in [2.24, 2.45) is 0 Å². The zero-order valence-corrected chi connectivity index (χ0v) is 8.33. The first-order valence-electron chi connectivity index (χ1n) is 4.10. The molecule has 0 aliphatic carbocycles. The van der Waals surface area contributed by atoms with Crippen LogP contribution >= 0.6 is 11.6 Å². The molecule has 0 bridgehead atoms. The highest BCUT2D eigenvalue weighted by Gasteiger charge is 2.20. The van der Waals surface area contributed by atoms with Crippen LogP contribution in [-0.4, -0.2) is 15.1 Å². The zero-order chi connectivity index (χ0) is 11.9. The van der Waals surface area contributed by atoms with Crippen LogP contribution in [0.1, 0.15) is 12.1 Å². The second-order valence-corrected chi connectivity index (χ2v) is 3.42. The van der Waals surface area contributed by atoms with Gasteiger partial charge in [0.05, 0.1) is 10.4 Å². The van der Waals surface area contributed by atoms with Crippen molar-refractivity contribution in [1.29, 1.82) is 0 Å². The second kappa shape index (κ2) is 3.67. The van der Waals surface area contributed by atoms with Crippen LogP contribution in [-0.2, 0) is 0 Å². The fourth-order valence-corrected chi connectivity index (χ4v) is 1.58. The summed E-state index contributed by atoms with van der Waals surface area (Å²) in [5.74, 6) is 0. The van der Waals surface area contributed by atoms with E-state index in [-0.39, 0.29) is 21.6 Å². The van der Waals surface area contributed by atoms with E-state index in [1.54, 1.807) is 0 Å². The molecule has 1 heterocycles. The molecule has 0 unspecified atom stereocenters. The number of halogens is 3. The maximum Gasteiger partial charge on any atom is 0.290 e. The molecular weight excluding hydrogens is 244 g/mol. The molecule has 1 aromatic carbocycles. The number of hydrogen-bond donors (Lipinski definition) is 1. The van der Waals surface area contributed by atoms with Gasteiger partial charge in [-0.25, -0.2) is 8.78 Å². The molecule has 16 heavy (non-hydrogen) atoms. The predicted molar refractivity (Wildman–Crippen MR) is 52.7 cm³/mol. The standard InChI is InChI=1S/C8H4ClF2N3O2/c9-4-1-3-5(2-6(4)14(15)16)12-13-7(3)8(10)11/h1-2,8H,(H,12,13). The molecule has 2 rings (SSSR count). The maximum absolute atomic E-state index is 12.5. The molecule has 1 N–H and O–H groups in total. The average molecular weight is 248 g/mol. The number of aromatic amines is 1. The van der Waals surface area contributed by atoms with Gasteiger partial charge in [0.2, 0.25) is 0 Å². The maximum atomic E-state index is 12.5. The Labute approximate surface area is 92.2 Å². The molecule has 0 saturated carbocycles. The van der Waals surface area contributed by atoms with Crippen LogP contribution in [0.2, 0.25) is 5.02 Å². The van der Waals surface area contributed by atoms with E-state index in [1.165, 1.54) is 0 Å². The number of rotatable bonds is 2. The Morgan fingerprint density at radius 3 is 2.75 bits per heavy atom. The molecular formula is C8H4ClF2N3O2. The van der Waals surface area contributed by atoms with Crippen molar-refractivity contribution >= 4 is 28.2 Å². The lowest BCUT2D eigenvalue weighted by atomic mass is 10.2. The Bertz CT molecular complexity index is 570. The van der Waals surface area contributed by atoms with Crippen LogP contribution < -0.4 is 0 Å².